The predicted molar refractivity (Wildman–Crippen MR) is 74.8 cm³/mol. The minimum atomic E-state index is 0.574. The van der Waals surface area contributed by atoms with Crippen molar-refractivity contribution in [2.24, 2.45) is 7.05 Å². The topological polar surface area (TPSA) is 53.6 Å². The molecule has 0 saturated heterocycles. The Bertz CT molecular complexity index is 637. The maximum absolute atomic E-state index is 9.15. The third kappa shape index (κ3) is 2.24. The zero-order chi connectivity index (χ0) is 13.3. The van der Waals surface area contributed by atoms with Gasteiger partial charge in [0.15, 0.2) is 0 Å². The van der Waals surface area contributed by atoms with E-state index in [2.05, 4.69) is 32.4 Å². The predicted octanol–water partition coefficient (Wildman–Crippen LogP) is 3.41. The molecular formula is C13H13BrN4. The molecule has 0 atom stereocenters. The number of benzene rings is 1. The van der Waals surface area contributed by atoms with Gasteiger partial charge in [0.05, 0.1) is 11.4 Å². The zero-order valence-corrected chi connectivity index (χ0v) is 12.0. The first-order valence-electron chi connectivity index (χ1n) is 5.50. The number of hydrogen-bond donors (Lipinski definition) is 1. The largest absolute Gasteiger partial charge is 0.338 e. The van der Waals surface area contributed by atoms with Gasteiger partial charge in [-0.25, -0.2) is 0 Å². The van der Waals surface area contributed by atoms with Gasteiger partial charge in [0.2, 0.25) is 0 Å². The second-order valence-electron chi connectivity index (χ2n) is 4.15. The maximum Gasteiger partial charge on any atom is 0.146 e. The molecule has 92 valence electrons. The van der Waals surface area contributed by atoms with Crippen LogP contribution in [0.25, 0.3) is 0 Å². The van der Waals surface area contributed by atoms with E-state index in [0.717, 1.165) is 15.9 Å². The van der Waals surface area contributed by atoms with Crippen LogP contribution in [0.3, 0.4) is 0 Å². The molecule has 0 aliphatic carbocycles. The van der Waals surface area contributed by atoms with E-state index in [9.17, 15) is 0 Å². The lowest BCUT2D eigenvalue weighted by Gasteiger charge is -2.09. The molecule has 0 saturated carbocycles. The fourth-order valence-corrected chi connectivity index (χ4v) is 2.38. The van der Waals surface area contributed by atoms with Crippen LogP contribution in [-0.4, -0.2) is 9.78 Å². The number of nitrogens with zero attached hydrogens (tertiary/aromatic N) is 3. The van der Waals surface area contributed by atoms with Crippen molar-refractivity contribution >= 4 is 27.4 Å². The molecule has 1 aromatic carbocycles. The lowest BCUT2D eigenvalue weighted by molar-refractivity contribution is 0.765. The van der Waals surface area contributed by atoms with Crippen molar-refractivity contribution in [3.63, 3.8) is 0 Å². The molecule has 2 aromatic rings. The van der Waals surface area contributed by atoms with Gasteiger partial charge < -0.3 is 5.32 Å². The normalized spacial score (nSPS) is 10.2. The van der Waals surface area contributed by atoms with Gasteiger partial charge in [-0.15, -0.1) is 0 Å². The Morgan fingerprint density at radius 3 is 2.72 bits per heavy atom. The summed E-state index contributed by atoms with van der Waals surface area (Å²) in [7, 11) is 1.82. The van der Waals surface area contributed by atoms with E-state index in [1.165, 1.54) is 5.56 Å². The van der Waals surface area contributed by atoms with Crippen molar-refractivity contribution in [3.05, 3.63) is 39.5 Å². The summed E-state index contributed by atoms with van der Waals surface area (Å²) >= 11 is 3.51. The summed E-state index contributed by atoms with van der Waals surface area (Å²) in [5.74, 6) is 0.708. The molecule has 0 aliphatic heterocycles. The average Bonchev–Trinajstić information content (AvgIpc) is 2.57. The molecule has 0 radical (unpaired) electrons. The van der Waals surface area contributed by atoms with Crippen LogP contribution in [0.2, 0.25) is 0 Å². The molecule has 1 aromatic heterocycles. The van der Waals surface area contributed by atoms with Gasteiger partial charge in [0.25, 0.3) is 0 Å². The van der Waals surface area contributed by atoms with Crippen molar-refractivity contribution in [3.8, 4) is 6.07 Å². The van der Waals surface area contributed by atoms with Gasteiger partial charge in [-0.3, -0.25) is 4.68 Å². The summed E-state index contributed by atoms with van der Waals surface area (Å²) in [6.07, 6.45) is 0. The van der Waals surface area contributed by atoms with E-state index in [-0.39, 0.29) is 0 Å². The standard InChI is InChI=1S/C13H13BrN4/c1-8-4-5-12(11(14)6-8)16-13-10(7-15)9(2)17-18(13)3/h4-6,16H,1-3H3. The number of hydrogen-bond acceptors (Lipinski definition) is 3. The molecule has 0 bridgehead atoms. The quantitative estimate of drug-likeness (QED) is 0.925. The van der Waals surface area contributed by atoms with Crippen LogP contribution in [0.5, 0.6) is 0 Å². The van der Waals surface area contributed by atoms with E-state index in [1.54, 1.807) is 4.68 Å². The number of nitrogens with one attached hydrogen (secondary N) is 1. The van der Waals surface area contributed by atoms with Crippen molar-refractivity contribution < 1.29 is 0 Å². The molecule has 5 heteroatoms. The highest BCUT2D eigenvalue weighted by Crippen LogP contribution is 2.28. The fourth-order valence-electron chi connectivity index (χ4n) is 1.78. The highest BCUT2D eigenvalue weighted by atomic mass is 79.9. The average molecular weight is 305 g/mol. The van der Waals surface area contributed by atoms with Gasteiger partial charge in [-0.2, -0.15) is 10.4 Å². The van der Waals surface area contributed by atoms with E-state index in [4.69, 9.17) is 5.26 Å². The minimum absolute atomic E-state index is 0.574. The highest BCUT2D eigenvalue weighted by Gasteiger charge is 2.13. The fraction of sp³-hybridized carbons (Fsp3) is 0.231. The molecule has 0 fully saturated rings. The smallest absolute Gasteiger partial charge is 0.146 e. The first-order valence-corrected chi connectivity index (χ1v) is 6.29. The Hall–Kier alpha value is -1.80. The van der Waals surface area contributed by atoms with Gasteiger partial charge in [0, 0.05) is 11.5 Å². The van der Waals surface area contributed by atoms with Crippen LogP contribution >= 0.6 is 15.9 Å². The van der Waals surface area contributed by atoms with Gasteiger partial charge in [-0.1, -0.05) is 6.07 Å². The van der Waals surface area contributed by atoms with Gasteiger partial charge in [0.1, 0.15) is 17.5 Å². The molecule has 0 unspecified atom stereocenters. The molecule has 2 rings (SSSR count). The summed E-state index contributed by atoms with van der Waals surface area (Å²) in [4.78, 5) is 0. The Morgan fingerprint density at radius 2 is 2.11 bits per heavy atom. The van der Waals surface area contributed by atoms with Crippen LogP contribution < -0.4 is 5.32 Å². The van der Waals surface area contributed by atoms with Crippen LogP contribution in [-0.2, 0) is 7.05 Å². The Labute approximate surface area is 114 Å². The third-order valence-corrected chi connectivity index (χ3v) is 3.37. The highest BCUT2D eigenvalue weighted by molar-refractivity contribution is 9.10. The third-order valence-electron chi connectivity index (χ3n) is 2.71. The molecule has 4 nitrogen and oxygen atoms in total. The Balaban J connectivity index is 2.43. The zero-order valence-electron chi connectivity index (χ0n) is 10.5. The minimum Gasteiger partial charge on any atom is -0.338 e. The van der Waals surface area contributed by atoms with Crippen LogP contribution in [0.1, 0.15) is 16.8 Å². The Morgan fingerprint density at radius 1 is 1.39 bits per heavy atom. The van der Waals surface area contributed by atoms with E-state index >= 15 is 0 Å². The molecule has 0 aliphatic rings. The summed E-state index contributed by atoms with van der Waals surface area (Å²) in [5.41, 5.74) is 3.39. The maximum atomic E-state index is 9.15. The number of anilines is 2. The second kappa shape index (κ2) is 4.83. The molecular weight excluding hydrogens is 292 g/mol. The lowest BCUT2D eigenvalue weighted by Crippen LogP contribution is -2.01. The summed E-state index contributed by atoms with van der Waals surface area (Å²) in [5, 5.41) is 16.6. The van der Waals surface area contributed by atoms with Crippen LogP contribution in [0, 0.1) is 25.2 Å². The Kier molecular flexibility index (Phi) is 3.39. The van der Waals surface area contributed by atoms with Crippen LogP contribution in [0.4, 0.5) is 11.5 Å². The van der Waals surface area contributed by atoms with Gasteiger partial charge in [-0.05, 0) is 47.5 Å². The van der Waals surface area contributed by atoms with E-state index in [1.807, 2.05) is 39.1 Å². The van der Waals surface area contributed by atoms with Crippen molar-refractivity contribution in [1.29, 1.82) is 5.26 Å². The summed E-state index contributed by atoms with van der Waals surface area (Å²) in [6, 6.07) is 8.19. The summed E-state index contributed by atoms with van der Waals surface area (Å²) < 4.78 is 2.64. The number of nitriles is 1. The van der Waals surface area contributed by atoms with Crippen LogP contribution in [0.15, 0.2) is 22.7 Å². The molecule has 0 spiro atoms. The monoisotopic (exact) mass is 304 g/mol. The van der Waals surface area contributed by atoms with Crippen molar-refractivity contribution in [1.82, 2.24) is 9.78 Å². The number of aryl methyl sites for hydroxylation is 3. The van der Waals surface area contributed by atoms with Gasteiger partial charge >= 0.3 is 0 Å². The summed E-state index contributed by atoms with van der Waals surface area (Å²) in [6.45, 7) is 3.86. The molecule has 18 heavy (non-hydrogen) atoms. The van der Waals surface area contributed by atoms with E-state index in [0.29, 0.717) is 11.4 Å². The molecule has 1 N–H and O–H groups in total. The first kappa shape index (κ1) is 12.7. The lowest BCUT2D eigenvalue weighted by atomic mass is 10.2. The SMILES string of the molecule is Cc1ccc(Nc2c(C#N)c(C)nn2C)c(Br)c1. The number of halogens is 1. The second-order valence-corrected chi connectivity index (χ2v) is 5.01. The molecule has 1 heterocycles. The first-order chi connectivity index (χ1) is 8.52. The van der Waals surface area contributed by atoms with E-state index < -0.39 is 0 Å². The number of rotatable bonds is 2. The van der Waals surface area contributed by atoms with Crippen molar-refractivity contribution in [2.45, 2.75) is 13.8 Å². The van der Waals surface area contributed by atoms with Crippen molar-refractivity contribution in [2.75, 3.05) is 5.32 Å². The number of aromatic nitrogens is 2. The molecule has 0 amide bonds.